The molecule has 0 fully saturated rings. The molecule has 0 aliphatic heterocycles. The van der Waals surface area contributed by atoms with Gasteiger partial charge in [-0.3, -0.25) is 0 Å². The normalized spacial score (nSPS) is 11.9. The fourth-order valence-electron chi connectivity index (χ4n) is 1.79. The summed E-state index contributed by atoms with van der Waals surface area (Å²) in [5.74, 6) is 0. The number of hydrogen-bond donors (Lipinski definition) is 1. The molecular weight excluding hydrogens is 257 g/mol. The van der Waals surface area contributed by atoms with E-state index < -0.39 is 7.25 Å². The van der Waals surface area contributed by atoms with Crippen molar-refractivity contribution in [3.63, 3.8) is 0 Å². The average Bonchev–Trinajstić information content (AvgIpc) is 1.91. The summed E-state index contributed by atoms with van der Waals surface area (Å²) in [4.78, 5) is 1.57. The van der Waals surface area contributed by atoms with Gasteiger partial charge in [0.15, 0.2) is 0 Å². The van der Waals surface area contributed by atoms with Crippen LogP contribution in [0, 0.1) is 5.41 Å². The van der Waals surface area contributed by atoms with Crippen molar-refractivity contribution in [2.75, 3.05) is 19.6 Å². The van der Waals surface area contributed by atoms with E-state index >= 15 is 0 Å². The number of halogens is 4. The summed E-state index contributed by atoms with van der Waals surface area (Å²) in [6, 6.07) is 0. The molecule has 1 nitrogen and oxygen atoms in total. The summed E-state index contributed by atoms with van der Waals surface area (Å²) >= 11 is 0. The van der Waals surface area contributed by atoms with Crippen molar-refractivity contribution in [1.82, 2.24) is 0 Å². The quantitative estimate of drug-likeness (QED) is 0.448. The second-order valence-electron chi connectivity index (χ2n) is 6.25. The van der Waals surface area contributed by atoms with Crippen molar-refractivity contribution < 1.29 is 22.2 Å². The van der Waals surface area contributed by atoms with E-state index in [0.29, 0.717) is 5.41 Å². The number of quaternary nitrogens is 1. The second kappa shape index (κ2) is 8.41. The van der Waals surface area contributed by atoms with Crippen LogP contribution in [0.2, 0.25) is 0 Å². The third-order valence-corrected chi connectivity index (χ3v) is 1.88. The summed E-state index contributed by atoms with van der Waals surface area (Å²) < 4.78 is 39.0. The van der Waals surface area contributed by atoms with Crippen LogP contribution in [0.1, 0.15) is 34.6 Å². The van der Waals surface area contributed by atoms with Crippen molar-refractivity contribution in [2.45, 2.75) is 34.6 Å². The Labute approximate surface area is 114 Å². The maximum absolute atomic E-state index is 9.75. The molecule has 0 radical (unpaired) electrons. The SMILES string of the molecule is C=C(C)C[NH+](CC(=C)C)CC(C)(C)C.F[B-](F)(F)F. The Kier molecular flexibility index (Phi) is 9.09. The fourth-order valence-corrected chi connectivity index (χ4v) is 1.79. The Hall–Kier alpha value is -0.775. The van der Waals surface area contributed by atoms with Crippen LogP contribution in [0.15, 0.2) is 24.3 Å². The Balaban J connectivity index is 0. The van der Waals surface area contributed by atoms with Crippen LogP contribution in [-0.2, 0) is 0 Å². The van der Waals surface area contributed by atoms with Crippen LogP contribution < -0.4 is 4.90 Å². The molecule has 0 aromatic carbocycles. The summed E-state index contributed by atoms with van der Waals surface area (Å²) in [5, 5.41) is 0. The van der Waals surface area contributed by atoms with E-state index in [2.05, 4.69) is 47.8 Å². The van der Waals surface area contributed by atoms with Gasteiger partial charge in [0.1, 0.15) is 0 Å². The molecule has 0 saturated carbocycles. The largest absolute Gasteiger partial charge is 0.673 e. The van der Waals surface area contributed by atoms with Gasteiger partial charge in [-0.1, -0.05) is 33.9 Å². The molecule has 0 rings (SSSR count). The van der Waals surface area contributed by atoms with E-state index in [1.807, 2.05) is 0 Å². The molecule has 0 unspecified atom stereocenters. The molecule has 6 heteroatoms. The van der Waals surface area contributed by atoms with Crippen molar-refractivity contribution in [2.24, 2.45) is 5.41 Å². The maximum Gasteiger partial charge on any atom is 0.673 e. The molecule has 0 aromatic heterocycles. The van der Waals surface area contributed by atoms with Gasteiger partial charge < -0.3 is 22.2 Å². The lowest BCUT2D eigenvalue weighted by atomic mass is 9.95. The molecule has 0 heterocycles. The van der Waals surface area contributed by atoms with Gasteiger partial charge in [0.25, 0.3) is 0 Å². The standard InChI is InChI=1S/C13H25N.BF4/c1-11(2)8-14(9-12(3)4)10-13(5,6)7;2-1(3,4)5/h1,3,8-10H2,2,4-7H3;/q;-1/p+1. The Morgan fingerprint density at radius 1 is 0.947 bits per heavy atom. The predicted octanol–water partition coefficient (Wildman–Crippen LogP) is 3.37. The van der Waals surface area contributed by atoms with E-state index in [4.69, 9.17) is 0 Å². The summed E-state index contributed by atoms with van der Waals surface area (Å²) in [6.07, 6.45) is 0. The van der Waals surface area contributed by atoms with Crippen molar-refractivity contribution in [1.29, 1.82) is 0 Å². The summed E-state index contributed by atoms with van der Waals surface area (Å²) in [6.45, 7) is 22.3. The van der Waals surface area contributed by atoms with Gasteiger partial charge in [-0.05, 0) is 25.0 Å². The molecule has 0 atom stereocenters. The van der Waals surface area contributed by atoms with E-state index in [9.17, 15) is 17.3 Å². The molecule has 0 aliphatic rings. The van der Waals surface area contributed by atoms with Crippen LogP contribution in [0.5, 0.6) is 0 Å². The van der Waals surface area contributed by atoms with Crippen LogP contribution in [-0.4, -0.2) is 26.9 Å². The number of hydrogen-bond acceptors (Lipinski definition) is 0. The van der Waals surface area contributed by atoms with Crippen molar-refractivity contribution in [3.05, 3.63) is 24.3 Å². The maximum atomic E-state index is 9.75. The minimum Gasteiger partial charge on any atom is -0.418 e. The zero-order valence-electron chi connectivity index (χ0n) is 12.6. The lowest BCUT2D eigenvalue weighted by Crippen LogP contribution is -3.13. The first-order valence-corrected chi connectivity index (χ1v) is 6.20. The zero-order chi connectivity index (χ0) is 15.9. The van der Waals surface area contributed by atoms with Gasteiger partial charge in [0.05, 0.1) is 19.6 Å². The monoisotopic (exact) mass is 283 g/mol. The topological polar surface area (TPSA) is 4.44 Å². The van der Waals surface area contributed by atoms with E-state index in [1.165, 1.54) is 17.7 Å². The average molecular weight is 283 g/mol. The molecule has 0 saturated heterocycles. The van der Waals surface area contributed by atoms with Gasteiger partial charge in [-0.2, -0.15) is 0 Å². The van der Waals surface area contributed by atoms with Gasteiger partial charge in [-0.25, -0.2) is 0 Å². The van der Waals surface area contributed by atoms with E-state index in [1.54, 1.807) is 4.90 Å². The smallest absolute Gasteiger partial charge is 0.418 e. The molecule has 0 aliphatic carbocycles. The highest BCUT2D eigenvalue weighted by molar-refractivity contribution is 6.50. The zero-order valence-corrected chi connectivity index (χ0v) is 12.6. The molecule has 0 bridgehead atoms. The molecule has 0 spiro atoms. The minimum absolute atomic E-state index is 0.375. The molecule has 0 amide bonds. The van der Waals surface area contributed by atoms with Gasteiger partial charge in [0.2, 0.25) is 0 Å². The summed E-state index contributed by atoms with van der Waals surface area (Å²) in [7, 11) is -6.00. The summed E-state index contributed by atoms with van der Waals surface area (Å²) in [5.41, 5.74) is 2.89. The lowest BCUT2D eigenvalue weighted by molar-refractivity contribution is -0.896. The van der Waals surface area contributed by atoms with Gasteiger partial charge in [-0.15, -0.1) is 0 Å². The molecule has 19 heavy (non-hydrogen) atoms. The predicted molar refractivity (Wildman–Crippen MR) is 74.8 cm³/mol. The Morgan fingerprint density at radius 2 is 1.21 bits per heavy atom. The van der Waals surface area contributed by atoms with Crippen LogP contribution >= 0.6 is 0 Å². The second-order valence-corrected chi connectivity index (χ2v) is 6.25. The fraction of sp³-hybridized carbons (Fsp3) is 0.692. The van der Waals surface area contributed by atoms with Gasteiger partial charge >= 0.3 is 7.25 Å². The lowest BCUT2D eigenvalue weighted by Gasteiger charge is -2.27. The third kappa shape index (κ3) is 26.7. The van der Waals surface area contributed by atoms with Crippen molar-refractivity contribution >= 4 is 7.25 Å². The highest BCUT2D eigenvalue weighted by Crippen LogP contribution is 2.08. The van der Waals surface area contributed by atoms with Gasteiger partial charge in [0, 0.05) is 5.41 Å². The number of nitrogens with one attached hydrogen (secondary N) is 1. The number of rotatable bonds is 5. The van der Waals surface area contributed by atoms with Crippen LogP contribution in [0.3, 0.4) is 0 Å². The first-order chi connectivity index (χ1) is 8.20. The molecule has 1 N–H and O–H groups in total. The Morgan fingerprint density at radius 3 is 1.37 bits per heavy atom. The van der Waals surface area contributed by atoms with E-state index in [0.717, 1.165) is 13.1 Å². The molecule has 0 aromatic rings. The Bertz CT molecular complexity index is 270. The molecule has 114 valence electrons. The van der Waals surface area contributed by atoms with Crippen LogP contribution in [0.25, 0.3) is 0 Å². The molecular formula is C13H26BF4N. The minimum atomic E-state index is -6.00. The van der Waals surface area contributed by atoms with E-state index in [-0.39, 0.29) is 0 Å². The third-order valence-electron chi connectivity index (χ3n) is 1.88. The van der Waals surface area contributed by atoms with Crippen LogP contribution in [0.4, 0.5) is 17.3 Å². The van der Waals surface area contributed by atoms with Crippen molar-refractivity contribution in [3.8, 4) is 0 Å². The first kappa shape index (κ1) is 20.5. The highest BCUT2D eigenvalue weighted by Gasteiger charge is 2.20. The highest BCUT2D eigenvalue weighted by atomic mass is 19.5. The first-order valence-electron chi connectivity index (χ1n) is 6.20.